The molecule has 0 saturated heterocycles. The van der Waals surface area contributed by atoms with Gasteiger partial charge in [-0.2, -0.15) is 0 Å². The molecule has 0 unspecified atom stereocenters. The summed E-state index contributed by atoms with van der Waals surface area (Å²) in [6.45, 7) is 0. The average Bonchev–Trinajstić information content (AvgIpc) is 3.79. The van der Waals surface area contributed by atoms with Crippen molar-refractivity contribution in [2.75, 3.05) is 0 Å². The summed E-state index contributed by atoms with van der Waals surface area (Å²) in [6.07, 6.45) is 0. The summed E-state index contributed by atoms with van der Waals surface area (Å²) in [5, 5.41) is 11.4. The van der Waals surface area contributed by atoms with Crippen LogP contribution in [0.4, 0.5) is 0 Å². The van der Waals surface area contributed by atoms with Crippen molar-refractivity contribution >= 4 is 76.1 Å². The Hall–Kier alpha value is -7.63. The average molecular weight is 715 g/mol. The van der Waals surface area contributed by atoms with Gasteiger partial charge in [-0.25, -0.2) is 15.0 Å². The largest absolute Gasteiger partial charge is 0.456 e. The quantitative estimate of drug-likeness (QED) is 0.182. The van der Waals surface area contributed by atoms with Gasteiger partial charge in [0.1, 0.15) is 11.2 Å². The fourth-order valence-electron chi connectivity index (χ4n) is 8.63. The summed E-state index contributed by atoms with van der Waals surface area (Å²) in [4.78, 5) is 15.5. The summed E-state index contributed by atoms with van der Waals surface area (Å²) in [5.74, 6) is 1.84. The molecule has 0 amide bonds. The van der Waals surface area contributed by atoms with Gasteiger partial charge in [0.05, 0.1) is 11.0 Å². The molecule has 56 heavy (non-hydrogen) atoms. The molecule has 260 valence electrons. The smallest absolute Gasteiger partial charge is 0.165 e. The fourth-order valence-corrected chi connectivity index (χ4v) is 8.63. The highest BCUT2D eigenvalue weighted by molar-refractivity contribution is 6.24. The van der Waals surface area contributed by atoms with Gasteiger partial charge < -0.3 is 8.98 Å². The second-order valence-corrected chi connectivity index (χ2v) is 14.4. The van der Waals surface area contributed by atoms with Crippen molar-refractivity contribution in [2.24, 2.45) is 0 Å². The summed E-state index contributed by atoms with van der Waals surface area (Å²) in [6, 6.07) is 63.9. The third-order valence-corrected chi connectivity index (χ3v) is 11.2. The molecule has 0 spiro atoms. The Labute approximate surface area is 320 Å². The first kappa shape index (κ1) is 30.8. The standard InChI is InChI=1S/C51H30N4O/c1-3-14-32(15-4-1)49-52-50(33-16-5-2-6-17-33)54-51(53-49)48-39-22-12-10-20-36(39)29-45-47(48)41-30-37(24-26-44(41)56-45)55-42-25-23-31-13-9-11-21-38(31)46(42)40-27-34-18-7-8-19-35(34)28-43(40)55/h1-30H. The molecule has 0 aliphatic heterocycles. The number of fused-ring (bicyclic) bond motifs is 10. The molecule has 9 aromatic carbocycles. The van der Waals surface area contributed by atoms with Gasteiger partial charge >= 0.3 is 0 Å². The molecule has 0 radical (unpaired) electrons. The molecule has 0 fully saturated rings. The maximum atomic E-state index is 6.73. The second-order valence-electron chi connectivity index (χ2n) is 14.4. The topological polar surface area (TPSA) is 56.7 Å². The number of hydrogen-bond donors (Lipinski definition) is 0. The number of furan rings is 1. The Morgan fingerprint density at radius 1 is 0.357 bits per heavy atom. The summed E-state index contributed by atoms with van der Waals surface area (Å²) < 4.78 is 9.14. The van der Waals surface area contributed by atoms with Crippen LogP contribution in [0.5, 0.6) is 0 Å². The Morgan fingerprint density at radius 2 is 0.964 bits per heavy atom. The van der Waals surface area contributed by atoms with Crippen molar-refractivity contribution in [1.82, 2.24) is 19.5 Å². The third-order valence-electron chi connectivity index (χ3n) is 11.2. The van der Waals surface area contributed by atoms with Gasteiger partial charge in [0.15, 0.2) is 17.5 Å². The molecule has 3 heterocycles. The van der Waals surface area contributed by atoms with Crippen LogP contribution in [-0.4, -0.2) is 19.5 Å². The van der Waals surface area contributed by atoms with E-state index in [9.17, 15) is 0 Å². The predicted octanol–water partition coefficient (Wildman–Crippen LogP) is 13.3. The molecule has 0 saturated carbocycles. The van der Waals surface area contributed by atoms with Crippen LogP contribution in [0.25, 0.3) is 116 Å². The normalized spacial score (nSPS) is 11.9. The van der Waals surface area contributed by atoms with E-state index in [-0.39, 0.29) is 0 Å². The summed E-state index contributed by atoms with van der Waals surface area (Å²) in [5.41, 5.74) is 7.73. The van der Waals surface area contributed by atoms with Gasteiger partial charge in [0.2, 0.25) is 0 Å². The van der Waals surface area contributed by atoms with Crippen molar-refractivity contribution in [3.63, 3.8) is 0 Å². The van der Waals surface area contributed by atoms with E-state index >= 15 is 0 Å². The van der Waals surface area contributed by atoms with Crippen LogP contribution in [0.2, 0.25) is 0 Å². The molecule has 3 aromatic heterocycles. The van der Waals surface area contributed by atoms with Crippen LogP contribution in [0.3, 0.4) is 0 Å². The SMILES string of the molecule is c1ccc(-c2nc(-c3ccccc3)nc(-c3c4ccccc4cc4oc5ccc(-n6c7cc8ccccc8cc7c7c8ccccc8ccc76)cc5c34)n2)cc1. The molecule has 5 heteroatoms. The predicted molar refractivity (Wildman–Crippen MR) is 230 cm³/mol. The van der Waals surface area contributed by atoms with Crippen molar-refractivity contribution in [3.05, 3.63) is 182 Å². The minimum absolute atomic E-state index is 0.599. The molecule has 0 atom stereocenters. The van der Waals surface area contributed by atoms with Crippen LogP contribution in [-0.2, 0) is 0 Å². The molecule has 0 bridgehead atoms. The van der Waals surface area contributed by atoms with E-state index in [2.05, 4.69) is 126 Å². The van der Waals surface area contributed by atoms with E-state index in [1.807, 2.05) is 60.7 Å². The Balaban J connectivity index is 1.19. The first-order valence-electron chi connectivity index (χ1n) is 18.9. The monoisotopic (exact) mass is 714 g/mol. The maximum absolute atomic E-state index is 6.73. The lowest BCUT2D eigenvalue weighted by Crippen LogP contribution is -2.01. The minimum atomic E-state index is 0.599. The zero-order chi connectivity index (χ0) is 36.7. The van der Waals surface area contributed by atoms with Gasteiger partial charge in [0, 0.05) is 43.9 Å². The lowest BCUT2D eigenvalue weighted by atomic mass is 9.97. The van der Waals surface area contributed by atoms with Crippen LogP contribution in [0.15, 0.2) is 186 Å². The zero-order valence-electron chi connectivity index (χ0n) is 30.0. The van der Waals surface area contributed by atoms with Gasteiger partial charge in [0.25, 0.3) is 0 Å². The maximum Gasteiger partial charge on any atom is 0.165 e. The highest BCUT2D eigenvalue weighted by atomic mass is 16.3. The van der Waals surface area contributed by atoms with E-state index in [0.717, 1.165) is 66.1 Å². The van der Waals surface area contributed by atoms with Crippen molar-refractivity contribution < 1.29 is 4.42 Å². The summed E-state index contributed by atoms with van der Waals surface area (Å²) in [7, 11) is 0. The van der Waals surface area contributed by atoms with Gasteiger partial charge in [-0.05, 0) is 74.8 Å². The van der Waals surface area contributed by atoms with Crippen molar-refractivity contribution in [3.8, 4) is 39.9 Å². The lowest BCUT2D eigenvalue weighted by molar-refractivity contribution is 0.669. The van der Waals surface area contributed by atoms with Gasteiger partial charge in [-0.3, -0.25) is 0 Å². The Bertz CT molecular complexity index is 3470. The van der Waals surface area contributed by atoms with Crippen LogP contribution in [0.1, 0.15) is 0 Å². The zero-order valence-corrected chi connectivity index (χ0v) is 30.0. The number of benzene rings is 9. The molecule has 0 aliphatic carbocycles. The van der Waals surface area contributed by atoms with E-state index in [4.69, 9.17) is 19.4 Å². The highest BCUT2D eigenvalue weighted by Crippen LogP contribution is 2.44. The first-order valence-corrected chi connectivity index (χ1v) is 18.9. The number of nitrogens with zero attached hydrogens (tertiary/aromatic N) is 4. The first-order chi connectivity index (χ1) is 27.7. The number of aromatic nitrogens is 4. The molecule has 5 nitrogen and oxygen atoms in total. The second kappa shape index (κ2) is 11.9. The molecular weight excluding hydrogens is 685 g/mol. The fraction of sp³-hybridized carbons (Fsp3) is 0. The minimum Gasteiger partial charge on any atom is -0.456 e. The van der Waals surface area contributed by atoms with Gasteiger partial charge in [-0.1, -0.05) is 140 Å². The van der Waals surface area contributed by atoms with Crippen molar-refractivity contribution in [1.29, 1.82) is 0 Å². The summed E-state index contributed by atoms with van der Waals surface area (Å²) >= 11 is 0. The number of hydrogen-bond acceptors (Lipinski definition) is 4. The molecule has 0 N–H and O–H groups in total. The highest BCUT2D eigenvalue weighted by Gasteiger charge is 2.23. The van der Waals surface area contributed by atoms with Crippen LogP contribution >= 0.6 is 0 Å². The van der Waals surface area contributed by atoms with Crippen LogP contribution < -0.4 is 0 Å². The van der Waals surface area contributed by atoms with Gasteiger partial charge in [-0.15, -0.1) is 0 Å². The lowest BCUT2D eigenvalue weighted by Gasteiger charge is -2.12. The molecule has 12 aromatic rings. The van der Waals surface area contributed by atoms with Crippen LogP contribution in [0, 0.1) is 0 Å². The number of rotatable bonds is 4. The van der Waals surface area contributed by atoms with E-state index in [1.165, 1.54) is 32.3 Å². The Morgan fingerprint density at radius 3 is 1.70 bits per heavy atom. The van der Waals surface area contributed by atoms with Crippen molar-refractivity contribution in [2.45, 2.75) is 0 Å². The van der Waals surface area contributed by atoms with E-state index in [1.54, 1.807) is 0 Å². The molecular formula is C51H30N4O. The van der Waals surface area contributed by atoms with E-state index in [0.29, 0.717) is 17.5 Å². The molecule has 12 rings (SSSR count). The Kier molecular flexibility index (Phi) is 6.56. The van der Waals surface area contributed by atoms with E-state index < -0.39 is 0 Å². The third kappa shape index (κ3) is 4.64. The molecule has 0 aliphatic rings.